The Balaban J connectivity index is 1.04. The third-order valence-electron chi connectivity index (χ3n) is 10.7. The number of fused-ring (bicyclic) bond motifs is 9. The molecule has 0 fully saturated rings. The van der Waals surface area contributed by atoms with Gasteiger partial charge in [0.05, 0.1) is 0 Å². The minimum Gasteiger partial charge on any atom is -0.455 e. The molecule has 11 rings (SSSR count). The molecular weight excluding hydrogens is 663 g/mol. The summed E-state index contributed by atoms with van der Waals surface area (Å²) < 4.78 is 9.11. The van der Waals surface area contributed by atoms with Crippen LogP contribution in [-0.4, -0.2) is 0 Å². The van der Waals surface area contributed by atoms with Crippen LogP contribution in [0.15, 0.2) is 192 Å². The van der Waals surface area contributed by atoms with Crippen LogP contribution in [0.4, 0.5) is 17.1 Å². The summed E-state index contributed by atoms with van der Waals surface area (Å²) in [5, 5.41) is 9.73. The van der Waals surface area contributed by atoms with Crippen LogP contribution < -0.4 is 4.90 Å². The van der Waals surface area contributed by atoms with Gasteiger partial charge in [-0.15, -0.1) is 11.3 Å². The first-order valence-corrected chi connectivity index (χ1v) is 18.8. The van der Waals surface area contributed by atoms with Crippen molar-refractivity contribution in [2.24, 2.45) is 0 Å². The molecule has 2 heterocycles. The molecule has 11 aromatic rings. The van der Waals surface area contributed by atoms with Crippen LogP contribution >= 0.6 is 11.3 Å². The van der Waals surface area contributed by atoms with Gasteiger partial charge in [0.25, 0.3) is 0 Å². The zero-order chi connectivity index (χ0) is 34.9. The minimum atomic E-state index is 0.905. The number of hydrogen-bond acceptors (Lipinski definition) is 3. The lowest BCUT2D eigenvalue weighted by Gasteiger charge is -2.26. The van der Waals surface area contributed by atoms with E-state index in [4.69, 9.17) is 4.42 Å². The first kappa shape index (κ1) is 30.0. The predicted molar refractivity (Wildman–Crippen MR) is 227 cm³/mol. The SMILES string of the molecule is c1ccc2c(-c3ccc(N(c4ccc(-c5cccc6oc7c8ccccc8ccc7c56)cc4)c4ccc5c(c4)sc4ccccc45)cc3)cccc2c1. The van der Waals surface area contributed by atoms with Crippen LogP contribution in [0.2, 0.25) is 0 Å². The molecule has 9 aromatic carbocycles. The maximum atomic E-state index is 6.52. The third-order valence-corrected chi connectivity index (χ3v) is 11.8. The first-order chi connectivity index (χ1) is 26.3. The van der Waals surface area contributed by atoms with Gasteiger partial charge in [-0.3, -0.25) is 0 Å². The van der Waals surface area contributed by atoms with E-state index in [1.54, 1.807) is 0 Å². The Labute approximate surface area is 310 Å². The second kappa shape index (κ2) is 11.9. The van der Waals surface area contributed by atoms with Crippen molar-refractivity contribution < 1.29 is 4.42 Å². The summed E-state index contributed by atoms with van der Waals surface area (Å²) in [7, 11) is 0. The van der Waals surface area contributed by atoms with E-state index < -0.39 is 0 Å². The van der Waals surface area contributed by atoms with Crippen LogP contribution in [0.5, 0.6) is 0 Å². The van der Waals surface area contributed by atoms with E-state index >= 15 is 0 Å². The van der Waals surface area contributed by atoms with Crippen molar-refractivity contribution in [2.75, 3.05) is 4.90 Å². The first-order valence-electron chi connectivity index (χ1n) is 18.0. The molecule has 2 nitrogen and oxygen atoms in total. The molecule has 0 atom stereocenters. The van der Waals surface area contributed by atoms with Crippen molar-refractivity contribution in [3.8, 4) is 22.3 Å². The molecule has 0 radical (unpaired) electrons. The van der Waals surface area contributed by atoms with E-state index in [1.165, 1.54) is 53.0 Å². The van der Waals surface area contributed by atoms with Gasteiger partial charge in [0.1, 0.15) is 11.2 Å². The number of anilines is 3. The summed E-state index contributed by atoms with van der Waals surface area (Å²) in [6.45, 7) is 0. The fraction of sp³-hybridized carbons (Fsp3) is 0. The maximum absolute atomic E-state index is 6.52. The van der Waals surface area contributed by atoms with Gasteiger partial charge in [0, 0.05) is 53.4 Å². The fourth-order valence-electron chi connectivity index (χ4n) is 8.15. The van der Waals surface area contributed by atoms with Crippen LogP contribution in [0.3, 0.4) is 0 Å². The molecule has 0 amide bonds. The molecule has 0 saturated carbocycles. The highest BCUT2D eigenvalue weighted by Gasteiger charge is 2.18. The molecular formula is C50H31NOS. The average molecular weight is 694 g/mol. The average Bonchev–Trinajstić information content (AvgIpc) is 3.80. The topological polar surface area (TPSA) is 16.4 Å². The summed E-state index contributed by atoms with van der Waals surface area (Å²) in [5.41, 5.74) is 9.95. The standard InChI is InChI=1S/C50H31NOS/c1-3-12-39-32(9-1)11-7-15-40(39)34-19-24-36(25-20-34)51(38-28-30-44-43-14-5-6-18-47(43)53-48(44)31-38)37-26-21-35(22-27-37)41-16-8-17-46-49(41)45-29-23-33-10-2-4-13-42(33)50(45)52-46/h1-31H. The lowest BCUT2D eigenvalue weighted by atomic mass is 9.97. The Bertz CT molecular complexity index is 3160. The van der Waals surface area contributed by atoms with Crippen LogP contribution in [-0.2, 0) is 0 Å². The van der Waals surface area contributed by atoms with Crippen molar-refractivity contribution >= 4 is 92.1 Å². The highest BCUT2D eigenvalue weighted by molar-refractivity contribution is 7.25. The summed E-state index contributed by atoms with van der Waals surface area (Å²) in [4.78, 5) is 2.38. The molecule has 248 valence electrons. The highest BCUT2D eigenvalue weighted by Crippen LogP contribution is 2.43. The van der Waals surface area contributed by atoms with Crippen molar-refractivity contribution in [1.29, 1.82) is 0 Å². The smallest absolute Gasteiger partial charge is 0.143 e. The number of hydrogen-bond donors (Lipinski definition) is 0. The summed E-state index contributed by atoms with van der Waals surface area (Å²) in [6, 6.07) is 68.0. The molecule has 0 aliphatic rings. The molecule has 0 N–H and O–H groups in total. The van der Waals surface area contributed by atoms with Gasteiger partial charge in [0.15, 0.2) is 0 Å². The van der Waals surface area contributed by atoms with Gasteiger partial charge in [-0.1, -0.05) is 133 Å². The molecule has 2 aromatic heterocycles. The fourth-order valence-corrected chi connectivity index (χ4v) is 9.29. The Morgan fingerprint density at radius 2 is 0.943 bits per heavy atom. The van der Waals surface area contributed by atoms with Gasteiger partial charge < -0.3 is 9.32 Å². The van der Waals surface area contributed by atoms with Crippen molar-refractivity contribution in [3.63, 3.8) is 0 Å². The number of nitrogens with zero attached hydrogens (tertiary/aromatic N) is 1. The quantitative estimate of drug-likeness (QED) is 0.178. The van der Waals surface area contributed by atoms with E-state index in [0.29, 0.717) is 0 Å². The van der Waals surface area contributed by atoms with Crippen LogP contribution in [0.1, 0.15) is 0 Å². The number of rotatable bonds is 5. The van der Waals surface area contributed by atoms with Crippen LogP contribution in [0, 0.1) is 0 Å². The van der Waals surface area contributed by atoms with Crippen molar-refractivity contribution in [1.82, 2.24) is 0 Å². The number of thiophene rings is 1. The van der Waals surface area contributed by atoms with Gasteiger partial charge in [-0.2, -0.15) is 0 Å². The molecule has 0 unspecified atom stereocenters. The monoisotopic (exact) mass is 693 g/mol. The van der Waals surface area contributed by atoms with E-state index in [1.807, 2.05) is 11.3 Å². The largest absolute Gasteiger partial charge is 0.455 e. The molecule has 53 heavy (non-hydrogen) atoms. The highest BCUT2D eigenvalue weighted by atomic mass is 32.1. The summed E-state index contributed by atoms with van der Waals surface area (Å²) in [5.74, 6) is 0. The van der Waals surface area contributed by atoms with Gasteiger partial charge in [-0.25, -0.2) is 0 Å². The van der Waals surface area contributed by atoms with Gasteiger partial charge in [-0.05, 0) is 93.0 Å². The minimum absolute atomic E-state index is 0.905. The Kier molecular flexibility index (Phi) is 6.76. The van der Waals surface area contributed by atoms with Gasteiger partial charge >= 0.3 is 0 Å². The lowest BCUT2D eigenvalue weighted by Crippen LogP contribution is -2.09. The van der Waals surface area contributed by atoms with Gasteiger partial charge in [0.2, 0.25) is 0 Å². The lowest BCUT2D eigenvalue weighted by molar-refractivity contribution is 0.673. The van der Waals surface area contributed by atoms with Crippen LogP contribution in [0.25, 0.3) is 85.9 Å². The van der Waals surface area contributed by atoms with Crippen molar-refractivity contribution in [2.45, 2.75) is 0 Å². The number of benzene rings is 9. The molecule has 0 aliphatic heterocycles. The Hall–Kier alpha value is -6.68. The van der Waals surface area contributed by atoms with E-state index in [0.717, 1.165) is 50.0 Å². The second-order valence-corrected chi connectivity index (χ2v) is 14.8. The van der Waals surface area contributed by atoms with E-state index in [9.17, 15) is 0 Å². The normalized spacial score (nSPS) is 11.8. The molecule has 0 bridgehead atoms. The second-order valence-electron chi connectivity index (χ2n) is 13.7. The predicted octanol–water partition coefficient (Wildman–Crippen LogP) is 15.1. The van der Waals surface area contributed by atoms with E-state index in [2.05, 4.69) is 193 Å². The molecule has 0 spiro atoms. The molecule has 0 saturated heterocycles. The maximum Gasteiger partial charge on any atom is 0.143 e. The zero-order valence-electron chi connectivity index (χ0n) is 28.7. The molecule has 0 aliphatic carbocycles. The Morgan fingerprint density at radius 3 is 1.74 bits per heavy atom. The zero-order valence-corrected chi connectivity index (χ0v) is 29.5. The summed E-state index contributed by atoms with van der Waals surface area (Å²) >= 11 is 1.85. The summed E-state index contributed by atoms with van der Waals surface area (Å²) in [6.07, 6.45) is 0. The molecule has 3 heteroatoms. The third kappa shape index (κ3) is 4.86. The number of furan rings is 1. The van der Waals surface area contributed by atoms with Crippen molar-refractivity contribution in [3.05, 3.63) is 188 Å². The Morgan fingerprint density at radius 1 is 0.377 bits per heavy atom. The van der Waals surface area contributed by atoms with E-state index in [-0.39, 0.29) is 0 Å².